The summed E-state index contributed by atoms with van der Waals surface area (Å²) in [6.07, 6.45) is 4.55. The number of nitriles is 1. The maximum atomic E-state index is 11.9. The number of amides is 1. The molecule has 1 N–H and O–H groups in total. The van der Waals surface area contributed by atoms with Crippen molar-refractivity contribution in [1.29, 1.82) is 5.26 Å². The quantitative estimate of drug-likeness (QED) is 0.781. The average Bonchev–Trinajstić information content (AvgIpc) is 2.39. The lowest BCUT2D eigenvalue weighted by molar-refractivity contribution is 0.0938. The Morgan fingerprint density at radius 1 is 1.33 bits per heavy atom. The van der Waals surface area contributed by atoms with Gasteiger partial charge in [0.25, 0.3) is 5.91 Å². The Hall–Kier alpha value is -1.82. The summed E-state index contributed by atoms with van der Waals surface area (Å²) in [6, 6.07) is 8.93. The molecule has 1 aromatic carbocycles. The topological polar surface area (TPSA) is 52.9 Å². The highest BCUT2D eigenvalue weighted by atomic mass is 16.1. The number of nitrogens with one attached hydrogen (secondary N) is 1. The average molecular weight is 244 g/mol. The fourth-order valence-corrected chi connectivity index (χ4v) is 1.78. The maximum absolute atomic E-state index is 11.9. The highest BCUT2D eigenvalue weighted by Gasteiger charge is 2.09. The number of carbonyl (C=O) groups excluding carboxylic acids is 1. The molecule has 1 unspecified atom stereocenters. The van der Waals surface area contributed by atoms with Gasteiger partial charge in [0, 0.05) is 11.6 Å². The van der Waals surface area contributed by atoms with Gasteiger partial charge in [-0.05, 0) is 37.6 Å². The molecule has 0 fully saturated rings. The van der Waals surface area contributed by atoms with Gasteiger partial charge in [-0.1, -0.05) is 26.2 Å². The summed E-state index contributed by atoms with van der Waals surface area (Å²) < 4.78 is 0. The molecule has 0 aromatic heterocycles. The third-order valence-corrected chi connectivity index (χ3v) is 2.89. The molecule has 0 aliphatic rings. The van der Waals surface area contributed by atoms with Crippen LogP contribution in [0.3, 0.4) is 0 Å². The molecule has 1 atom stereocenters. The van der Waals surface area contributed by atoms with E-state index in [0.717, 1.165) is 12.8 Å². The van der Waals surface area contributed by atoms with Crippen LogP contribution in [-0.4, -0.2) is 11.9 Å². The number of carbonyl (C=O) groups is 1. The number of benzene rings is 1. The van der Waals surface area contributed by atoms with Crippen molar-refractivity contribution in [3.63, 3.8) is 0 Å². The van der Waals surface area contributed by atoms with Crippen LogP contribution in [0.25, 0.3) is 0 Å². The van der Waals surface area contributed by atoms with Gasteiger partial charge >= 0.3 is 0 Å². The number of hydrogen-bond donors (Lipinski definition) is 1. The van der Waals surface area contributed by atoms with Crippen LogP contribution in [0.2, 0.25) is 0 Å². The molecule has 96 valence electrons. The fourth-order valence-electron chi connectivity index (χ4n) is 1.78. The summed E-state index contributed by atoms with van der Waals surface area (Å²) in [5.41, 5.74) is 1.18. The van der Waals surface area contributed by atoms with Gasteiger partial charge in [0.05, 0.1) is 11.6 Å². The molecule has 0 aliphatic heterocycles. The van der Waals surface area contributed by atoms with E-state index in [-0.39, 0.29) is 11.9 Å². The molecule has 0 saturated heterocycles. The molecule has 0 saturated carbocycles. The smallest absolute Gasteiger partial charge is 0.251 e. The summed E-state index contributed by atoms with van der Waals surface area (Å²) >= 11 is 0. The highest BCUT2D eigenvalue weighted by molar-refractivity contribution is 5.94. The third-order valence-electron chi connectivity index (χ3n) is 2.89. The summed E-state index contributed by atoms with van der Waals surface area (Å²) in [5.74, 6) is -0.0662. The van der Waals surface area contributed by atoms with E-state index in [1.54, 1.807) is 24.3 Å². The first-order valence-corrected chi connectivity index (χ1v) is 6.48. The van der Waals surface area contributed by atoms with Gasteiger partial charge in [0.1, 0.15) is 0 Å². The van der Waals surface area contributed by atoms with Gasteiger partial charge in [-0.25, -0.2) is 0 Å². The number of hydrogen-bond acceptors (Lipinski definition) is 2. The van der Waals surface area contributed by atoms with Crippen LogP contribution in [0, 0.1) is 11.3 Å². The molecule has 0 aliphatic carbocycles. The van der Waals surface area contributed by atoms with E-state index in [1.165, 1.54) is 12.8 Å². The second kappa shape index (κ2) is 7.50. The largest absolute Gasteiger partial charge is 0.350 e. The van der Waals surface area contributed by atoms with Crippen LogP contribution < -0.4 is 5.32 Å². The molecule has 1 rings (SSSR count). The van der Waals surface area contributed by atoms with Crippen molar-refractivity contribution < 1.29 is 4.79 Å². The van der Waals surface area contributed by atoms with Crippen LogP contribution in [0.15, 0.2) is 24.3 Å². The van der Waals surface area contributed by atoms with E-state index in [4.69, 9.17) is 5.26 Å². The Balaban J connectivity index is 2.46. The van der Waals surface area contributed by atoms with Gasteiger partial charge in [0.15, 0.2) is 0 Å². The lowest BCUT2D eigenvalue weighted by Crippen LogP contribution is -2.32. The van der Waals surface area contributed by atoms with Crippen molar-refractivity contribution in [3.8, 4) is 6.07 Å². The first-order valence-electron chi connectivity index (χ1n) is 6.48. The zero-order valence-electron chi connectivity index (χ0n) is 11.1. The van der Waals surface area contributed by atoms with Crippen molar-refractivity contribution in [2.45, 2.75) is 45.6 Å². The van der Waals surface area contributed by atoms with Crippen LogP contribution in [-0.2, 0) is 0 Å². The minimum Gasteiger partial charge on any atom is -0.350 e. The van der Waals surface area contributed by atoms with E-state index in [1.807, 2.05) is 13.0 Å². The Morgan fingerprint density at radius 2 is 2.00 bits per heavy atom. The molecule has 18 heavy (non-hydrogen) atoms. The second-order valence-electron chi connectivity index (χ2n) is 4.56. The Morgan fingerprint density at radius 3 is 2.56 bits per heavy atom. The van der Waals surface area contributed by atoms with Gasteiger partial charge in [-0.15, -0.1) is 0 Å². The van der Waals surface area contributed by atoms with Gasteiger partial charge in [-0.2, -0.15) is 5.26 Å². The third kappa shape index (κ3) is 4.58. The lowest BCUT2D eigenvalue weighted by Gasteiger charge is -2.13. The lowest BCUT2D eigenvalue weighted by atomic mass is 10.1. The highest BCUT2D eigenvalue weighted by Crippen LogP contribution is 2.06. The van der Waals surface area contributed by atoms with Crippen LogP contribution in [0.1, 0.15) is 55.5 Å². The van der Waals surface area contributed by atoms with Crippen molar-refractivity contribution >= 4 is 5.91 Å². The van der Waals surface area contributed by atoms with E-state index in [2.05, 4.69) is 12.2 Å². The summed E-state index contributed by atoms with van der Waals surface area (Å²) in [7, 11) is 0. The molecule has 0 heterocycles. The number of rotatable bonds is 6. The molecule has 3 heteroatoms. The molecule has 1 amide bonds. The van der Waals surface area contributed by atoms with Gasteiger partial charge in [-0.3, -0.25) is 4.79 Å². The molecular formula is C15H20N2O. The summed E-state index contributed by atoms with van der Waals surface area (Å²) in [4.78, 5) is 11.9. The molecule has 0 bridgehead atoms. The molecule has 0 spiro atoms. The van der Waals surface area contributed by atoms with Crippen molar-refractivity contribution in [2.24, 2.45) is 0 Å². The monoisotopic (exact) mass is 244 g/mol. The second-order valence-corrected chi connectivity index (χ2v) is 4.56. The van der Waals surface area contributed by atoms with E-state index < -0.39 is 0 Å². The molecule has 1 aromatic rings. The van der Waals surface area contributed by atoms with E-state index in [0.29, 0.717) is 11.1 Å². The SMILES string of the molecule is CCCCCC(C)NC(=O)c1ccc(C#N)cc1. The van der Waals surface area contributed by atoms with E-state index >= 15 is 0 Å². The normalized spacial score (nSPS) is 11.6. The molecule has 3 nitrogen and oxygen atoms in total. The summed E-state index contributed by atoms with van der Waals surface area (Å²) in [5, 5.41) is 11.7. The summed E-state index contributed by atoms with van der Waals surface area (Å²) in [6.45, 7) is 4.19. The standard InChI is InChI=1S/C15H20N2O/c1-3-4-5-6-12(2)17-15(18)14-9-7-13(11-16)8-10-14/h7-10,12H,3-6H2,1-2H3,(H,17,18). The Bertz CT molecular complexity index is 417. The Labute approximate surface area is 109 Å². The zero-order valence-corrected chi connectivity index (χ0v) is 11.1. The van der Waals surface area contributed by atoms with Crippen LogP contribution in [0.4, 0.5) is 0 Å². The number of unbranched alkanes of at least 4 members (excludes halogenated alkanes) is 2. The van der Waals surface area contributed by atoms with Crippen molar-refractivity contribution in [1.82, 2.24) is 5.32 Å². The minimum atomic E-state index is -0.0662. The van der Waals surface area contributed by atoms with Crippen molar-refractivity contribution in [2.75, 3.05) is 0 Å². The predicted molar refractivity (Wildman–Crippen MR) is 72.2 cm³/mol. The van der Waals surface area contributed by atoms with Crippen LogP contribution >= 0.6 is 0 Å². The van der Waals surface area contributed by atoms with E-state index in [9.17, 15) is 4.79 Å². The first kappa shape index (κ1) is 14.2. The number of nitrogens with zero attached hydrogens (tertiary/aromatic N) is 1. The first-order chi connectivity index (χ1) is 8.67. The minimum absolute atomic E-state index is 0.0662. The van der Waals surface area contributed by atoms with Crippen LogP contribution in [0.5, 0.6) is 0 Å². The fraction of sp³-hybridized carbons (Fsp3) is 0.467. The molecular weight excluding hydrogens is 224 g/mol. The predicted octanol–water partition coefficient (Wildman–Crippen LogP) is 3.26. The molecule has 0 radical (unpaired) electrons. The van der Waals surface area contributed by atoms with Gasteiger partial charge < -0.3 is 5.32 Å². The van der Waals surface area contributed by atoms with Gasteiger partial charge in [0.2, 0.25) is 0 Å². The Kier molecular flexibility index (Phi) is 5.93. The maximum Gasteiger partial charge on any atom is 0.251 e. The zero-order chi connectivity index (χ0) is 13.4. The van der Waals surface area contributed by atoms with Crippen molar-refractivity contribution in [3.05, 3.63) is 35.4 Å².